The summed E-state index contributed by atoms with van der Waals surface area (Å²) in [6, 6.07) is 9.43. The summed E-state index contributed by atoms with van der Waals surface area (Å²) in [7, 11) is 0. The molecule has 2 rings (SSSR count). The number of aryl methyl sites for hydroxylation is 1. The fourth-order valence-electron chi connectivity index (χ4n) is 2.22. The molecule has 0 amide bonds. The van der Waals surface area contributed by atoms with Crippen LogP contribution in [0.5, 0.6) is 5.75 Å². The topological polar surface area (TPSA) is 73.0 Å². The molecule has 0 heterocycles. The number of nitrogens with zero attached hydrogens (tertiary/aromatic N) is 1. The van der Waals surface area contributed by atoms with E-state index in [0.29, 0.717) is 16.7 Å². The number of benzene rings is 2. The van der Waals surface area contributed by atoms with Crippen LogP contribution >= 0.6 is 0 Å². The molecular weight excluding hydrogens is 323 g/mol. The van der Waals surface area contributed by atoms with Gasteiger partial charge in [-0.3, -0.25) is 0 Å². The molecule has 24 heavy (non-hydrogen) atoms. The second-order valence-corrected chi connectivity index (χ2v) is 5.06. The van der Waals surface area contributed by atoms with Crippen LogP contribution in [0, 0.1) is 18.3 Å². The highest BCUT2D eigenvalue weighted by atomic mass is 19.4. The Morgan fingerprint density at radius 3 is 2.46 bits per heavy atom. The standard InChI is InChI=1S/C17H12F3NO3/c1-10-6-11(8-21)2-4-13(10)14-7-12(17(18,19)20)3-5-15(14)24-9-16(22)23/h2-7H,9H2,1H3,(H,22,23)/p+1. The molecule has 2 aromatic rings. The lowest BCUT2D eigenvalue weighted by Gasteiger charge is -2.15. The van der Waals surface area contributed by atoms with Gasteiger partial charge in [-0.05, 0) is 48.4 Å². The number of carbonyl (C=O) groups excluding carboxylic acids is 1. The normalized spacial score (nSPS) is 11.0. The lowest BCUT2D eigenvalue weighted by Crippen LogP contribution is -2.11. The third-order valence-corrected chi connectivity index (χ3v) is 3.31. The first-order valence-electron chi connectivity index (χ1n) is 6.82. The molecule has 0 radical (unpaired) electrons. The van der Waals surface area contributed by atoms with Gasteiger partial charge in [-0.2, -0.15) is 18.4 Å². The molecule has 4 nitrogen and oxygen atoms in total. The molecule has 2 N–H and O–H groups in total. The van der Waals surface area contributed by atoms with Crippen LogP contribution in [0.4, 0.5) is 13.2 Å². The van der Waals surface area contributed by atoms with Gasteiger partial charge in [-0.15, -0.1) is 0 Å². The molecule has 0 aromatic heterocycles. The molecule has 0 saturated heterocycles. The highest BCUT2D eigenvalue weighted by Crippen LogP contribution is 2.38. The minimum atomic E-state index is -4.53. The van der Waals surface area contributed by atoms with Crippen LogP contribution in [0.3, 0.4) is 0 Å². The highest BCUT2D eigenvalue weighted by molar-refractivity contribution is 5.76. The maximum Gasteiger partial charge on any atom is 0.553 e. The second kappa shape index (κ2) is 6.62. The quantitative estimate of drug-likeness (QED) is 0.805. The molecule has 0 spiro atoms. The lowest BCUT2D eigenvalue weighted by molar-refractivity contribution is -0.140. The number of hydrogen-bond donors (Lipinski definition) is 0. The predicted molar refractivity (Wildman–Crippen MR) is 80.4 cm³/mol. The van der Waals surface area contributed by atoms with Crippen molar-refractivity contribution in [3.63, 3.8) is 0 Å². The zero-order valence-electron chi connectivity index (χ0n) is 12.6. The summed E-state index contributed by atoms with van der Waals surface area (Å²) in [5.41, 5.74) is 0.717. The SMILES string of the molecule is Cc1cc(C#N)ccc1-c1cc(C(F)(F)F)ccc1OCC(=O)[OH2+]. The van der Waals surface area contributed by atoms with E-state index in [-0.39, 0.29) is 11.3 Å². The van der Waals surface area contributed by atoms with Gasteiger partial charge >= 0.3 is 12.1 Å². The summed E-state index contributed by atoms with van der Waals surface area (Å²) in [4.78, 5) is 10.8. The smallest absolute Gasteiger partial charge is 0.553 e. The van der Waals surface area contributed by atoms with Gasteiger partial charge in [0.05, 0.1) is 17.2 Å². The lowest BCUT2D eigenvalue weighted by atomic mass is 9.96. The van der Waals surface area contributed by atoms with Gasteiger partial charge < -0.3 is 9.84 Å². The van der Waals surface area contributed by atoms with Crippen LogP contribution in [-0.2, 0) is 11.0 Å². The van der Waals surface area contributed by atoms with Crippen LogP contribution in [0.15, 0.2) is 36.4 Å². The van der Waals surface area contributed by atoms with Crippen LogP contribution in [0.25, 0.3) is 11.1 Å². The first-order valence-corrected chi connectivity index (χ1v) is 6.82. The van der Waals surface area contributed by atoms with Crippen molar-refractivity contribution in [1.29, 1.82) is 5.26 Å². The van der Waals surface area contributed by atoms with E-state index in [2.05, 4.69) is 0 Å². The van der Waals surface area contributed by atoms with E-state index in [1.807, 2.05) is 6.07 Å². The molecule has 124 valence electrons. The molecule has 0 unspecified atom stereocenters. The second-order valence-electron chi connectivity index (χ2n) is 5.06. The van der Waals surface area contributed by atoms with Gasteiger partial charge in [0.25, 0.3) is 0 Å². The summed E-state index contributed by atoms with van der Waals surface area (Å²) < 4.78 is 44.1. The largest absolute Gasteiger partial charge is 0.562 e. The zero-order valence-corrected chi connectivity index (χ0v) is 12.6. The molecular formula is C17H13F3NO3+. The van der Waals surface area contributed by atoms with Crippen LogP contribution in [-0.4, -0.2) is 17.7 Å². The van der Waals surface area contributed by atoms with Crippen LogP contribution < -0.4 is 4.74 Å². The van der Waals surface area contributed by atoms with Gasteiger partial charge in [0, 0.05) is 10.4 Å². The Bertz CT molecular complexity index is 823. The van der Waals surface area contributed by atoms with Crippen molar-refractivity contribution in [1.82, 2.24) is 0 Å². The summed E-state index contributed by atoms with van der Waals surface area (Å²) in [5, 5.41) is 15.8. The van der Waals surface area contributed by atoms with Crippen molar-refractivity contribution in [2.75, 3.05) is 6.61 Å². The molecule has 0 saturated carbocycles. The Labute approximate surface area is 135 Å². The Kier molecular flexibility index (Phi) is 4.79. The number of nitriles is 1. The summed E-state index contributed by atoms with van der Waals surface area (Å²) in [5.74, 6) is -0.922. The van der Waals surface area contributed by atoms with Gasteiger partial charge in [0.15, 0.2) is 0 Å². The van der Waals surface area contributed by atoms with Crippen LogP contribution in [0.2, 0.25) is 0 Å². The fourth-order valence-corrected chi connectivity index (χ4v) is 2.22. The molecule has 7 heteroatoms. The minimum absolute atomic E-state index is 0.0661. The van der Waals surface area contributed by atoms with Crippen molar-refractivity contribution in [3.8, 4) is 22.9 Å². The van der Waals surface area contributed by atoms with Crippen molar-refractivity contribution in [3.05, 3.63) is 53.1 Å². The van der Waals surface area contributed by atoms with Crippen molar-refractivity contribution < 1.29 is 27.8 Å². The van der Waals surface area contributed by atoms with Gasteiger partial charge in [-0.1, -0.05) is 6.07 Å². The fraction of sp³-hybridized carbons (Fsp3) is 0.176. The average molecular weight is 336 g/mol. The van der Waals surface area contributed by atoms with E-state index >= 15 is 0 Å². The van der Waals surface area contributed by atoms with E-state index in [0.717, 1.165) is 18.2 Å². The number of halogens is 3. The number of alkyl halides is 3. The Hall–Kier alpha value is -3.01. The third kappa shape index (κ3) is 3.84. The van der Waals surface area contributed by atoms with Gasteiger partial charge in [-0.25, -0.2) is 0 Å². The molecule has 0 aliphatic rings. The molecule has 0 aliphatic heterocycles. The first kappa shape index (κ1) is 17.3. The van der Waals surface area contributed by atoms with Gasteiger partial charge in [0.2, 0.25) is 6.61 Å². The Morgan fingerprint density at radius 1 is 1.21 bits per heavy atom. The van der Waals surface area contributed by atoms with E-state index < -0.39 is 24.3 Å². The van der Waals surface area contributed by atoms with Crippen LogP contribution in [0.1, 0.15) is 16.7 Å². The number of hydrogen-bond acceptors (Lipinski definition) is 3. The van der Waals surface area contributed by atoms with Gasteiger partial charge in [0.1, 0.15) is 5.75 Å². The van der Waals surface area contributed by atoms with Crippen molar-refractivity contribution >= 4 is 5.97 Å². The molecule has 0 atom stereocenters. The average Bonchev–Trinajstić information content (AvgIpc) is 2.51. The number of carbonyl (C=O) groups is 1. The van der Waals surface area contributed by atoms with Crippen molar-refractivity contribution in [2.24, 2.45) is 0 Å². The maximum atomic E-state index is 13.0. The Balaban J connectivity index is 2.59. The summed E-state index contributed by atoms with van der Waals surface area (Å²) >= 11 is 0. The number of ether oxygens (including phenoxy) is 1. The summed E-state index contributed by atoms with van der Waals surface area (Å²) in [6.45, 7) is 1.10. The number of rotatable bonds is 4. The molecule has 0 bridgehead atoms. The third-order valence-electron chi connectivity index (χ3n) is 3.31. The minimum Gasteiger partial charge on any atom is -0.562 e. The van der Waals surface area contributed by atoms with E-state index in [1.54, 1.807) is 13.0 Å². The molecule has 2 aromatic carbocycles. The molecule has 0 aliphatic carbocycles. The monoisotopic (exact) mass is 336 g/mol. The van der Waals surface area contributed by atoms with Crippen molar-refractivity contribution in [2.45, 2.75) is 13.1 Å². The molecule has 0 fully saturated rings. The van der Waals surface area contributed by atoms with E-state index in [4.69, 9.17) is 15.1 Å². The summed E-state index contributed by atoms with van der Waals surface area (Å²) in [6.07, 6.45) is -4.53. The predicted octanol–water partition coefficient (Wildman–Crippen LogP) is 3.18. The van der Waals surface area contributed by atoms with E-state index in [1.165, 1.54) is 12.1 Å². The maximum absolute atomic E-state index is 13.0. The first-order chi connectivity index (χ1) is 11.2. The Morgan fingerprint density at radius 2 is 1.92 bits per heavy atom. The zero-order chi connectivity index (χ0) is 17.9. The highest BCUT2D eigenvalue weighted by Gasteiger charge is 2.31. The van der Waals surface area contributed by atoms with E-state index in [9.17, 15) is 18.0 Å².